The molecule has 0 radical (unpaired) electrons. The Kier molecular flexibility index (Phi) is 57.1. The predicted octanol–water partition coefficient (Wildman–Crippen LogP) is 18.5. The fourth-order valence-electron chi connectivity index (χ4n) is 10.3. The van der Waals surface area contributed by atoms with Gasteiger partial charge in [-0.25, -0.2) is 0 Å². The third-order valence-corrected chi connectivity index (χ3v) is 15.6. The number of unbranched alkanes of at least 4 members (excludes halogenated alkanes) is 32. The lowest BCUT2D eigenvalue weighted by atomic mass is 9.99. The van der Waals surface area contributed by atoms with E-state index in [-0.39, 0.29) is 12.5 Å². The minimum absolute atomic E-state index is 0.186. The first-order chi connectivity index (χ1) is 40.3. The van der Waals surface area contributed by atoms with Crippen LogP contribution >= 0.6 is 0 Å². The molecule has 0 bridgehead atoms. The van der Waals surface area contributed by atoms with Crippen molar-refractivity contribution in [1.82, 2.24) is 5.32 Å². The Morgan fingerprint density at radius 3 is 1.17 bits per heavy atom. The number of hydrogen-bond acceptors (Lipinski definition) is 8. The number of carbonyl (C=O) groups is 1. The van der Waals surface area contributed by atoms with E-state index in [0.29, 0.717) is 6.42 Å². The lowest BCUT2D eigenvalue weighted by Crippen LogP contribution is -2.60. The summed E-state index contributed by atoms with van der Waals surface area (Å²) in [6.45, 7) is 3.66. The van der Waals surface area contributed by atoms with Gasteiger partial charge in [-0.05, 0) is 89.9 Å². The van der Waals surface area contributed by atoms with Crippen molar-refractivity contribution in [2.24, 2.45) is 0 Å². The topological polar surface area (TPSA) is 149 Å². The minimum Gasteiger partial charge on any atom is -0.394 e. The predicted molar refractivity (Wildman–Crippen MR) is 350 cm³/mol. The highest BCUT2D eigenvalue weighted by atomic mass is 16.7. The van der Waals surface area contributed by atoms with Crippen LogP contribution in [0.25, 0.3) is 0 Å². The SMILES string of the molecule is CC/C=C\C/C=C\C/C=C\C/C=C\C/C=C\C/C=C\C/C=C\CCCCCCCCCCCCCCCCCCCCCC(=O)NC(COC1OC(CO)C(O)C(O)C1O)C(O)/C=C/CC/C=C/CCCCCCCCCCCCCC. The fraction of sp³-hybridized carbons (Fsp3) is 0.740. The van der Waals surface area contributed by atoms with Gasteiger partial charge < -0.3 is 40.3 Å². The molecule has 6 N–H and O–H groups in total. The van der Waals surface area contributed by atoms with E-state index in [2.05, 4.69) is 116 Å². The third kappa shape index (κ3) is 49.1. The van der Waals surface area contributed by atoms with Crippen LogP contribution in [0, 0.1) is 0 Å². The van der Waals surface area contributed by atoms with Crippen molar-refractivity contribution in [2.45, 2.75) is 333 Å². The van der Waals surface area contributed by atoms with Crippen molar-refractivity contribution in [1.29, 1.82) is 0 Å². The summed E-state index contributed by atoms with van der Waals surface area (Å²) in [5, 5.41) is 54.6. The number of rotatable bonds is 58. The van der Waals surface area contributed by atoms with Crippen LogP contribution in [0.2, 0.25) is 0 Å². The van der Waals surface area contributed by atoms with E-state index in [9.17, 15) is 30.3 Å². The van der Waals surface area contributed by atoms with E-state index in [1.807, 2.05) is 6.08 Å². The first kappa shape index (κ1) is 76.9. The second-order valence-electron chi connectivity index (χ2n) is 23.2. The molecule has 1 fully saturated rings. The van der Waals surface area contributed by atoms with Crippen LogP contribution in [-0.4, -0.2) is 87.5 Å². The maximum absolute atomic E-state index is 13.1. The maximum atomic E-state index is 13.1. The summed E-state index contributed by atoms with van der Waals surface area (Å²) in [5.41, 5.74) is 0. The largest absolute Gasteiger partial charge is 0.394 e. The quantitative estimate of drug-likeness (QED) is 0.0261. The zero-order valence-corrected chi connectivity index (χ0v) is 52.7. The van der Waals surface area contributed by atoms with Gasteiger partial charge in [0.2, 0.25) is 5.91 Å². The normalized spacial score (nSPS) is 19.0. The summed E-state index contributed by atoms with van der Waals surface area (Å²) in [7, 11) is 0. The van der Waals surface area contributed by atoms with Gasteiger partial charge in [-0.15, -0.1) is 0 Å². The molecule has 0 saturated carbocycles. The molecule has 0 aromatic carbocycles. The lowest BCUT2D eigenvalue weighted by molar-refractivity contribution is -0.302. The average molecular weight is 1150 g/mol. The number of ether oxygens (including phenoxy) is 2. The smallest absolute Gasteiger partial charge is 0.220 e. The van der Waals surface area contributed by atoms with Gasteiger partial charge in [0, 0.05) is 6.42 Å². The Bertz CT molecular complexity index is 1660. The molecule has 1 aliphatic heterocycles. The van der Waals surface area contributed by atoms with Crippen molar-refractivity contribution in [3.8, 4) is 0 Å². The van der Waals surface area contributed by atoms with Crippen LogP contribution in [0.1, 0.15) is 290 Å². The molecule has 1 rings (SSSR count). The van der Waals surface area contributed by atoms with Crippen molar-refractivity contribution >= 4 is 5.91 Å². The van der Waals surface area contributed by atoms with E-state index in [1.165, 1.54) is 186 Å². The highest BCUT2D eigenvalue weighted by Crippen LogP contribution is 2.23. The first-order valence-corrected chi connectivity index (χ1v) is 34.1. The second-order valence-corrected chi connectivity index (χ2v) is 23.2. The van der Waals surface area contributed by atoms with Gasteiger partial charge >= 0.3 is 0 Å². The highest BCUT2D eigenvalue weighted by molar-refractivity contribution is 5.76. The van der Waals surface area contributed by atoms with Gasteiger partial charge in [-0.3, -0.25) is 4.79 Å². The summed E-state index contributed by atoms with van der Waals surface area (Å²) >= 11 is 0. The molecular formula is C73H127NO8. The number of nitrogens with one attached hydrogen (secondary N) is 1. The Hall–Kier alpha value is -3.15. The summed E-state index contributed by atoms with van der Waals surface area (Å²) in [5.74, 6) is -0.186. The van der Waals surface area contributed by atoms with Gasteiger partial charge in [0.1, 0.15) is 24.4 Å². The van der Waals surface area contributed by atoms with Gasteiger partial charge in [-0.1, -0.05) is 303 Å². The van der Waals surface area contributed by atoms with Crippen LogP contribution < -0.4 is 5.32 Å². The summed E-state index contributed by atoms with van der Waals surface area (Å²) in [6.07, 6.45) is 83.3. The van der Waals surface area contributed by atoms with Crippen LogP contribution in [-0.2, 0) is 14.3 Å². The van der Waals surface area contributed by atoms with Crippen LogP contribution in [0.3, 0.4) is 0 Å². The van der Waals surface area contributed by atoms with E-state index in [4.69, 9.17) is 9.47 Å². The molecule has 1 heterocycles. The van der Waals surface area contributed by atoms with E-state index < -0.39 is 49.5 Å². The molecule has 9 nitrogen and oxygen atoms in total. The minimum atomic E-state index is -1.58. The molecule has 472 valence electrons. The molecule has 1 amide bonds. The van der Waals surface area contributed by atoms with Crippen molar-refractivity contribution in [2.75, 3.05) is 13.2 Å². The first-order valence-electron chi connectivity index (χ1n) is 34.1. The number of amides is 1. The molecule has 0 aromatic heterocycles. The van der Waals surface area contributed by atoms with Crippen molar-refractivity contribution < 1.29 is 39.8 Å². The van der Waals surface area contributed by atoms with Gasteiger partial charge in [0.15, 0.2) is 6.29 Å². The zero-order valence-electron chi connectivity index (χ0n) is 52.7. The summed E-state index contributed by atoms with van der Waals surface area (Å²) in [6, 6.07) is -0.826. The molecule has 7 atom stereocenters. The summed E-state index contributed by atoms with van der Waals surface area (Å²) in [4.78, 5) is 13.1. The van der Waals surface area contributed by atoms with E-state index in [1.54, 1.807) is 6.08 Å². The monoisotopic (exact) mass is 1150 g/mol. The molecule has 82 heavy (non-hydrogen) atoms. The maximum Gasteiger partial charge on any atom is 0.220 e. The Labute approximate surface area is 504 Å². The fourth-order valence-corrected chi connectivity index (χ4v) is 10.3. The molecule has 1 saturated heterocycles. The van der Waals surface area contributed by atoms with Gasteiger partial charge in [0.25, 0.3) is 0 Å². The highest BCUT2D eigenvalue weighted by Gasteiger charge is 2.44. The molecule has 0 aliphatic carbocycles. The van der Waals surface area contributed by atoms with Crippen LogP contribution in [0.4, 0.5) is 0 Å². The Morgan fingerprint density at radius 2 is 0.768 bits per heavy atom. The van der Waals surface area contributed by atoms with Gasteiger partial charge in [0.05, 0.1) is 25.4 Å². The number of aliphatic hydroxyl groups is 5. The lowest BCUT2D eigenvalue weighted by Gasteiger charge is -2.40. The standard InChI is InChI=1S/C73H127NO8/c1-3-5-7-9-11-13-15-17-19-21-23-24-25-26-27-28-29-30-31-32-33-34-35-36-37-38-39-40-41-42-43-44-45-47-49-51-53-55-57-59-61-63-69(77)74-66(65-81-73-72(80)71(79)70(78)68(64-75)82-73)67(76)62-60-58-56-54-52-50-48-46-22-20-18-16-14-12-10-8-6-4-2/h5,7,11,13,17,19,23-24,26-27,29-30,32-33,52,54,60,62,66-68,70-73,75-76,78-80H,3-4,6,8-10,12,14-16,18,20-22,25,28,31,34-51,53,55-59,61,63-65H2,1-2H3,(H,74,77)/b7-5-,13-11-,19-17-,24-23-,27-26-,30-29-,33-32-,54-52+,62-60+. The van der Waals surface area contributed by atoms with E-state index in [0.717, 1.165) is 83.5 Å². The Morgan fingerprint density at radius 1 is 0.427 bits per heavy atom. The average Bonchev–Trinajstić information content (AvgIpc) is 3.57. The number of allylic oxidation sites excluding steroid dienone is 17. The van der Waals surface area contributed by atoms with Crippen molar-refractivity contribution in [3.05, 3.63) is 109 Å². The molecule has 7 unspecified atom stereocenters. The molecule has 0 spiro atoms. The molecule has 0 aromatic rings. The number of hydrogen-bond donors (Lipinski definition) is 6. The Balaban J connectivity index is 2.09. The van der Waals surface area contributed by atoms with Crippen LogP contribution in [0.5, 0.6) is 0 Å². The van der Waals surface area contributed by atoms with Crippen molar-refractivity contribution in [3.63, 3.8) is 0 Å². The number of carbonyl (C=O) groups excluding carboxylic acids is 1. The molecule has 9 heteroatoms. The second kappa shape index (κ2) is 61.0. The third-order valence-electron chi connectivity index (χ3n) is 15.6. The zero-order chi connectivity index (χ0) is 59.3. The molecule has 1 aliphatic rings. The van der Waals surface area contributed by atoms with E-state index >= 15 is 0 Å². The van der Waals surface area contributed by atoms with Crippen LogP contribution in [0.15, 0.2) is 109 Å². The summed E-state index contributed by atoms with van der Waals surface area (Å²) < 4.78 is 11.3. The molecular weight excluding hydrogens is 1020 g/mol. The number of aliphatic hydroxyl groups excluding tert-OH is 5. The van der Waals surface area contributed by atoms with Gasteiger partial charge in [-0.2, -0.15) is 0 Å².